The lowest BCUT2D eigenvalue weighted by Gasteiger charge is -2.13. The fourth-order valence-corrected chi connectivity index (χ4v) is 3.67. The van der Waals surface area contributed by atoms with Crippen molar-refractivity contribution in [2.45, 2.75) is 39.8 Å². The van der Waals surface area contributed by atoms with E-state index in [9.17, 15) is 19.2 Å². The van der Waals surface area contributed by atoms with Gasteiger partial charge in [-0.2, -0.15) is 5.26 Å². The molecule has 0 fully saturated rings. The van der Waals surface area contributed by atoms with E-state index in [0.717, 1.165) is 4.57 Å². The molecule has 2 aromatic carbocycles. The Kier molecular flexibility index (Phi) is 7.30. The average Bonchev–Trinajstić information content (AvgIpc) is 2.79. The summed E-state index contributed by atoms with van der Waals surface area (Å²) in [7, 11) is 0. The Bertz CT molecular complexity index is 1400. The Morgan fingerprint density at radius 1 is 0.939 bits per heavy atom. The van der Waals surface area contributed by atoms with Gasteiger partial charge in [-0.05, 0) is 50.2 Å². The van der Waals surface area contributed by atoms with E-state index in [-0.39, 0.29) is 36.0 Å². The minimum Gasteiger partial charge on any atom is -0.326 e. The number of aromatic nitrogens is 2. The van der Waals surface area contributed by atoms with Crippen LogP contribution in [0.2, 0.25) is 5.02 Å². The third kappa shape index (κ3) is 5.13. The summed E-state index contributed by atoms with van der Waals surface area (Å²) < 4.78 is 2.66. The van der Waals surface area contributed by atoms with Crippen molar-refractivity contribution in [2.75, 3.05) is 10.6 Å². The molecule has 0 bridgehead atoms. The number of anilines is 2. The van der Waals surface area contributed by atoms with E-state index in [1.807, 2.05) is 13.0 Å². The summed E-state index contributed by atoms with van der Waals surface area (Å²) in [5.74, 6) is -0.788. The Balaban J connectivity index is 1.69. The summed E-state index contributed by atoms with van der Waals surface area (Å²) in [5, 5.41) is 14.8. The van der Waals surface area contributed by atoms with Gasteiger partial charge in [0.25, 0.3) is 5.56 Å². The predicted octanol–water partition coefficient (Wildman–Crippen LogP) is 3.09. The number of nitriles is 1. The fraction of sp³-hybridized carbons (Fsp3) is 0.261. The maximum absolute atomic E-state index is 12.7. The molecule has 0 aliphatic rings. The first-order chi connectivity index (χ1) is 15.8. The Morgan fingerprint density at radius 3 is 2.06 bits per heavy atom. The second-order valence-corrected chi connectivity index (χ2v) is 7.62. The molecule has 0 unspecified atom stereocenters. The smallest absolute Gasteiger partial charge is 0.326 e. The second-order valence-electron chi connectivity index (χ2n) is 7.21. The van der Waals surface area contributed by atoms with E-state index >= 15 is 0 Å². The summed E-state index contributed by atoms with van der Waals surface area (Å²) in [4.78, 5) is 49.6. The number of carbonyl (C=O) groups is 2. The molecule has 3 rings (SSSR count). The summed E-state index contributed by atoms with van der Waals surface area (Å²) in [6.45, 7) is 4.18. The molecule has 0 saturated heterocycles. The van der Waals surface area contributed by atoms with Gasteiger partial charge in [-0.1, -0.05) is 11.6 Å². The first kappa shape index (κ1) is 23.8. The number of carbonyl (C=O) groups excluding carboxylic acids is 2. The molecule has 2 amide bonds. The highest BCUT2D eigenvalue weighted by atomic mass is 35.5. The Morgan fingerprint density at radius 2 is 1.52 bits per heavy atom. The lowest BCUT2D eigenvalue weighted by Crippen LogP contribution is -2.39. The van der Waals surface area contributed by atoms with Crippen LogP contribution in [0.5, 0.6) is 0 Å². The van der Waals surface area contributed by atoms with Crippen molar-refractivity contribution in [3.8, 4) is 6.07 Å². The van der Waals surface area contributed by atoms with E-state index in [0.29, 0.717) is 34.4 Å². The molecule has 3 aromatic rings. The summed E-state index contributed by atoms with van der Waals surface area (Å²) in [5.41, 5.74) is 0.824. The third-order valence-corrected chi connectivity index (χ3v) is 5.41. The normalized spacial score (nSPS) is 10.6. The number of amides is 2. The van der Waals surface area contributed by atoms with Crippen molar-refractivity contribution in [1.82, 2.24) is 9.13 Å². The SMILES string of the molecule is CCn1c(=O)c2cc(NC(=O)CCC(=O)Nc3ccc(C#N)c(Cl)c3)ccc2n(CC)c1=O. The number of nitrogens with zero attached hydrogens (tertiary/aromatic N) is 3. The summed E-state index contributed by atoms with van der Waals surface area (Å²) in [6, 6.07) is 11.2. The van der Waals surface area contributed by atoms with E-state index in [1.165, 1.54) is 22.8 Å². The first-order valence-electron chi connectivity index (χ1n) is 10.4. The molecule has 2 N–H and O–H groups in total. The molecule has 0 aliphatic carbocycles. The van der Waals surface area contributed by atoms with Gasteiger partial charge in [0.2, 0.25) is 11.8 Å². The van der Waals surface area contributed by atoms with Gasteiger partial charge in [0.05, 0.1) is 21.5 Å². The van der Waals surface area contributed by atoms with Crippen molar-refractivity contribution in [3.05, 3.63) is 67.8 Å². The quantitative estimate of drug-likeness (QED) is 0.552. The molecule has 0 saturated carbocycles. The monoisotopic (exact) mass is 467 g/mol. The molecule has 0 radical (unpaired) electrons. The number of benzene rings is 2. The van der Waals surface area contributed by atoms with E-state index in [1.54, 1.807) is 25.1 Å². The number of hydrogen-bond donors (Lipinski definition) is 2. The van der Waals surface area contributed by atoms with E-state index < -0.39 is 11.5 Å². The maximum atomic E-state index is 12.7. The number of nitrogens with one attached hydrogen (secondary N) is 2. The van der Waals surface area contributed by atoms with Crippen LogP contribution in [0.25, 0.3) is 10.9 Å². The minimum atomic E-state index is -0.418. The number of aryl methyl sites for hydroxylation is 1. The van der Waals surface area contributed by atoms with Crippen LogP contribution in [0.15, 0.2) is 46.0 Å². The minimum absolute atomic E-state index is 0.0744. The molecule has 1 heterocycles. The molecule has 0 spiro atoms. The maximum Gasteiger partial charge on any atom is 0.331 e. The van der Waals surface area contributed by atoms with Gasteiger partial charge in [0.1, 0.15) is 6.07 Å². The van der Waals surface area contributed by atoms with Crippen molar-refractivity contribution >= 4 is 45.7 Å². The molecule has 0 atom stereocenters. The molecular formula is C23H22ClN5O4. The van der Waals surface area contributed by atoms with Crippen molar-refractivity contribution in [3.63, 3.8) is 0 Å². The fourth-order valence-electron chi connectivity index (χ4n) is 3.44. The Labute approximate surface area is 194 Å². The van der Waals surface area contributed by atoms with Gasteiger partial charge in [-0.25, -0.2) is 4.79 Å². The zero-order valence-corrected chi connectivity index (χ0v) is 18.9. The van der Waals surface area contributed by atoms with Gasteiger partial charge in [-0.3, -0.25) is 23.5 Å². The second kappa shape index (κ2) is 10.1. The van der Waals surface area contributed by atoms with Gasteiger partial charge in [0, 0.05) is 37.3 Å². The first-order valence-corrected chi connectivity index (χ1v) is 10.7. The number of rotatable bonds is 7. The lowest BCUT2D eigenvalue weighted by molar-refractivity contribution is -0.121. The standard InChI is InChI=1S/C23H22ClN5O4/c1-3-28-19-8-7-15(11-17(19)22(32)29(4-2)23(28)33)26-20(30)9-10-21(31)27-16-6-5-14(13-25)18(24)12-16/h5-8,11-12H,3-4,9-10H2,1-2H3,(H,26,30)(H,27,31). The largest absolute Gasteiger partial charge is 0.331 e. The van der Waals surface area contributed by atoms with Crippen LogP contribution < -0.4 is 21.9 Å². The average molecular weight is 468 g/mol. The molecule has 0 aliphatic heterocycles. The summed E-state index contributed by atoms with van der Waals surface area (Å²) in [6.07, 6.45) is -0.156. The molecule has 170 valence electrons. The van der Waals surface area contributed by atoms with Crippen LogP contribution in [0.4, 0.5) is 11.4 Å². The van der Waals surface area contributed by atoms with Crippen LogP contribution in [0, 0.1) is 11.3 Å². The molecule has 33 heavy (non-hydrogen) atoms. The van der Waals surface area contributed by atoms with Crippen LogP contribution >= 0.6 is 11.6 Å². The van der Waals surface area contributed by atoms with E-state index in [4.69, 9.17) is 16.9 Å². The van der Waals surface area contributed by atoms with Crippen LogP contribution in [0.1, 0.15) is 32.3 Å². The zero-order valence-electron chi connectivity index (χ0n) is 18.1. The zero-order chi connectivity index (χ0) is 24.1. The highest BCUT2D eigenvalue weighted by molar-refractivity contribution is 6.32. The van der Waals surface area contributed by atoms with Crippen molar-refractivity contribution in [2.24, 2.45) is 0 Å². The van der Waals surface area contributed by atoms with Crippen molar-refractivity contribution in [1.29, 1.82) is 5.26 Å². The molecule has 9 nitrogen and oxygen atoms in total. The van der Waals surface area contributed by atoms with Gasteiger partial charge in [-0.15, -0.1) is 0 Å². The summed E-state index contributed by atoms with van der Waals surface area (Å²) >= 11 is 5.95. The third-order valence-electron chi connectivity index (χ3n) is 5.09. The van der Waals surface area contributed by atoms with Crippen molar-refractivity contribution < 1.29 is 9.59 Å². The number of fused-ring (bicyclic) bond motifs is 1. The molecule has 1 aromatic heterocycles. The highest BCUT2D eigenvalue weighted by Crippen LogP contribution is 2.20. The van der Waals surface area contributed by atoms with Crippen LogP contribution in [-0.4, -0.2) is 20.9 Å². The lowest BCUT2D eigenvalue weighted by atomic mass is 10.2. The highest BCUT2D eigenvalue weighted by Gasteiger charge is 2.13. The van der Waals surface area contributed by atoms with Crippen LogP contribution in [0.3, 0.4) is 0 Å². The number of hydrogen-bond acceptors (Lipinski definition) is 5. The van der Waals surface area contributed by atoms with Gasteiger partial charge in [0.15, 0.2) is 0 Å². The molecule has 10 heteroatoms. The van der Waals surface area contributed by atoms with E-state index in [2.05, 4.69) is 10.6 Å². The van der Waals surface area contributed by atoms with Gasteiger partial charge >= 0.3 is 5.69 Å². The topological polar surface area (TPSA) is 126 Å². The van der Waals surface area contributed by atoms with Crippen LogP contribution in [-0.2, 0) is 22.7 Å². The molecular weight excluding hydrogens is 446 g/mol. The number of halogens is 1. The Hall–Kier alpha value is -3.90. The van der Waals surface area contributed by atoms with Gasteiger partial charge < -0.3 is 10.6 Å². The predicted molar refractivity (Wildman–Crippen MR) is 126 cm³/mol.